The molecular weight excluding hydrogens is 200 g/mol. The zero-order valence-corrected chi connectivity index (χ0v) is 10.3. The van der Waals surface area contributed by atoms with E-state index in [1.807, 2.05) is 11.3 Å². The summed E-state index contributed by atoms with van der Waals surface area (Å²) < 4.78 is 0. The Kier molecular flexibility index (Phi) is 3.99. The van der Waals surface area contributed by atoms with Crippen molar-refractivity contribution < 1.29 is 0 Å². The van der Waals surface area contributed by atoms with E-state index in [0.717, 1.165) is 0 Å². The molecule has 15 heavy (non-hydrogen) atoms. The van der Waals surface area contributed by atoms with Crippen LogP contribution in [0, 0.1) is 5.41 Å². The van der Waals surface area contributed by atoms with Crippen LogP contribution in [0.25, 0.3) is 0 Å². The van der Waals surface area contributed by atoms with E-state index >= 15 is 0 Å². The molecule has 1 aromatic rings. The molecule has 2 rings (SSSR count). The van der Waals surface area contributed by atoms with Crippen molar-refractivity contribution >= 4 is 11.3 Å². The molecule has 0 aliphatic heterocycles. The molecule has 0 fully saturated rings. The van der Waals surface area contributed by atoms with Crippen molar-refractivity contribution in [2.45, 2.75) is 60.3 Å². The second-order valence-corrected chi connectivity index (χ2v) is 6.57. The number of hydrogen-bond acceptors (Lipinski definition) is 1. The highest BCUT2D eigenvalue weighted by molar-refractivity contribution is 7.10. The maximum absolute atomic E-state index is 2.40. The topological polar surface area (TPSA) is 0 Å². The molecule has 0 bridgehead atoms. The van der Waals surface area contributed by atoms with Crippen LogP contribution in [0.2, 0.25) is 0 Å². The van der Waals surface area contributed by atoms with E-state index in [0.29, 0.717) is 5.41 Å². The van der Waals surface area contributed by atoms with Crippen LogP contribution in [0.1, 0.15) is 57.0 Å². The van der Waals surface area contributed by atoms with Gasteiger partial charge in [-0.3, -0.25) is 0 Å². The number of rotatable bonds is 1. The molecule has 1 heterocycles. The van der Waals surface area contributed by atoms with Crippen LogP contribution < -0.4 is 0 Å². The molecule has 0 spiro atoms. The Labute approximate surface area is 98.7 Å². The fourth-order valence-corrected chi connectivity index (χ4v) is 3.43. The van der Waals surface area contributed by atoms with Gasteiger partial charge in [-0.15, -0.1) is 11.3 Å². The first kappa shape index (κ1) is 12.8. The van der Waals surface area contributed by atoms with E-state index in [1.54, 1.807) is 16.0 Å². The number of fused-ring (bicyclic) bond motifs is 1. The molecule has 0 nitrogen and oxygen atoms in total. The average molecular weight is 224 g/mol. The monoisotopic (exact) mass is 224 g/mol. The lowest BCUT2D eigenvalue weighted by Gasteiger charge is -2.20. The quantitative estimate of drug-likeness (QED) is 0.639. The maximum atomic E-state index is 2.40. The molecule has 1 aliphatic carbocycles. The Morgan fingerprint density at radius 2 is 1.87 bits per heavy atom. The highest BCUT2D eigenvalue weighted by atomic mass is 32.1. The zero-order chi connectivity index (χ0) is 10.2. The minimum Gasteiger partial charge on any atom is -0.148 e. The van der Waals surface area contributed by atoms with Gasteiger partial charge in [0.05, 0.1) is 0 Å². The summed E-state index contributed by atoms with van der Waals surface area (Å²) in [5, 5.41) is 2.40. The van der Waals surface area contributed by atoms with E-state index in [1.165, 1.54) is 32.1 Å². The van der Waals surface area contributed by atoms with Crippen LogP contribution in [0.5, 0.6) is 0 Å². The Balaban J connectivity index is 0.00000112. The second kappa shape index (κ2) is 4.69. The molecule has 0 aromatic carbocycles. The summed E-state index contributed by atoms with van der Waals surface area (Å²) in [6.07, 6.45) is 6.73. The molecule has 1 aliphatic rings. The van der Waals surface area contributed by atoms with Crippen LogP contribution in [-0.2, 0) is 19.3 Å². The van der Waals surface area contributed by atoms with Gasteiger partial charge in [-0.05, 0) is 54.0 Å². The number of thiophene rings is 1. The van der Waals surface area contributed by atoms with Crippen molar-refractivity contribution in [2.75, 3.05) is 0 Å². The van der Waals surface area contributed by atoms with Crippen molar-refractivity contribution in [3.8, 4) is 0 Å². The van der Waals surface area contributed by atoms with E-state index in [4.69, 9.17) is 0 Å². The van der Waals surface area contributed by atoms with Gasteiger partial charge in [0.2, 0.25) is 0 Å². The summed E-state index contributed by atoms with van der Waals surface area (Å²) in [7, 11) is 0. The summed E-state index contributed by atoms with van der Waals surface area (Å²) in [5.41, 5.74) is 3.78. The second-order valence-electron chi connectivity index (χ2n) is 5.61. The molecule has 1 heteroatoms. The van der Waals surface area contributed by atoms with Gasteiger partial charge in [0.15, 0.2) is 0 Å². The third kappa shape index (κ3) is 3.07. The lowest BCUT2D eigenvalue weighted by Crippen LogP contribution is -2.11. The molecule has 1 aromatic heterocycles. The van der Waals surface area contributed by atoms with E-state index in [9.17, 15) is 0 Å². The van der Waals surface area contributed by atoms with Gasteiger partial charge in [-0.2, -0.15) is 0 Å². The molecule has 0 radical (unpaired) electrons. The van der Waals surface area contributed by atoms with Gasteiger partial charge in [-0.1, -0.05) is 28.2 Å². The smallest absolute Gasteiger partial charge is 0.00800 e. The molecule has 86 valence electrons. The van der Waals surface area contributed by atoms with Crippen molar-refractivity contribution in [3.63, 3.8) is 0 Å². The Bertz CT molecular complexity index is 315. The van der Waals surface area contributed by atoms with Crippen LogP contribution in [-0.4, -0.2) is 0 Å². The summed E-state index contributed by atoms with van der Waals surface area (Å²) in [6.45, 7) is 7.00. The van der Waals surface area contributed by atoms with Crippen molar-refractivity contribution in [2.24, 2.45) is 5.41 Å². The van der Waals surface area contributed by atoms with Gasteiger partial charge in [0.1, 0.15) is 0 Å². The van der Waals surface area contributed by atoms with Crippen molar-refractivity contribution in [1.29, 1.82) is 0 Å². The van der Waals surface area contributed by atoms with E-state index in [-0.39, 0.29) is 7.43 Å². The lowest BCUT2D eigenvalue weighted by atomic mass is 9.85. The van der Waals surface area contributed by atoms with Crippen LogP contribution in [0.4, 0.5) is 0 Å². The molecule has 0 amide bonds. The van der Waals surface area contributed by atoms with Gasteiger partial charge < -0.3 is 0 Å². The third-order valence-electron chi connectivity index (χ3n) is 2.87. The highest BCUT2D eigenvalue weighted by Crippen LogP contribution is 2.33. The highest BCUT2D eigenvalue weighted by Gasteiger charge is 2.19. The summed E-state index contributed by atoms with van der Waals surface area (Å²) in [4.78, 5) is 1.68. The van der Waals surface area contributed by atoms with Crippen molar-refractivity contribution in [1.82, 2.24) is 0 Å². The normalized spacial score (nSPS) is 15.7. The lowest BCUT2D eigenvalue weighted by molar-refractivity contribution is 0.409. The van der Waals surface area contributed by atoms with Gasteiger partial charge in [-0.25, -0.2) is 0 Å². The van der Waals surface area contributed by atoms with Crippen molar-refractivity contribution in [3.05, 3.63) is 21.4 Å². The first-order valence-corrected chi connectivity index (χ1v) is 6.52. The Morgan fingerprint density at radius 3 is 2.53 bits per heavy atom. The minimum atomic E-state index is 0. The van der Waals surface area contributed by atoms with E-state index in [2.05, 4.69) is 26.2 Å². The predicted molar refractivity (Wildman–Crippen MR) is 70.9 cm³/mol. The van der Waals surface area contributed by atoms with Gasteiger partial charge in [0, 0.05) is 4.88 Å². The Morgan fingerprint density at radius 1 is 1.20 bits per heavy atom. The summed E-state index contributed by atoms with van der Waals surface area (Å²) in [5.74, 6) is 0. The SMILES string of the molecule is C.CC(C)(C)Cc1csc2c1CCCC2. The summed E-state index contributed by atoms with van der Waals surface area (Å²) >= 11 is 1.99. The third-order valence-corrected chi connectivity index (χ3v) is 4.01. The fourth-order valence-electron chi connectivity index (χ4n) is 2.28. The van der Waals surface area contributed by atoms with Gasteiger partial charge >= 0.3 is 0 Å². The minimum absolute atomic E-state index is 0. The van der Waals surface area contributed by atoms with Crippen LogP contribution >= 0.6 is 11.3 Å². The standard InChI is InChI=1S/C13H20S.CH4/c1-13(2,3)8-10-9-14-12-7-5-4-6-11(10)12;/h9H,4-8H2,1-3H3;1H4. The molecular formula is C14H24S. The fraction of sp³-hybridized carbons (Fsp3) is 0.714. The number of aryl methyl sites for hydroxylation is 1. The number of hydrogen-bond donors (Lipinski definition) is 0. The van der Waals surface area contributed by atoms with Crippen LogP contribution in [0.15, 0.2) is 5.38 Å². The first-order valence-electron chi connectivity index (χ1n) is 5.64. The molecule has 0 saturated heterocycles. The zero-order valence-electron chi connectivity index (χ0n) is 9.52. The van der Waals surface area contributed by atoms with Crippen LogP contribution in [0.3, 0.4) is 0 Å². The molecule has 0 atom stereocenters. The molecule has 0 saturated carbocycles. The summed E-state index contributed by atoms with van der Waals surface area (Å²) in [6, 6.07) is 0. The Hall–Kier alpha value is -0.300. The first-order chi connectivity index (χ1) is 6.56. The maximum Gasteiger partial charge on any atom is 0.00800 e. The average Bonchev–Trinajstić information content (AvgIpc) is 2.47. The van der Waals surface area contributed by atoms with E-state index < -0.39 is 0 Å². The largest absolute Gasteiger partial charge is 0.148 e. The molecule has 0 unspecified atom stereocenters. The van der Waals surface area contributed by atoms with Gasteiger partial charge in [0.25, 0.3) is 0 Å². The molecule has 0 N–H and O–H groups in total. The predicted octanol–water partition coefficient (Wildman–Crippen LogP) is 4.85.